The van der Waals surface area contributed by atoms with Crippen LogP contribution in [0, 0.1) is 0 Å². The van der Waals surface area contributed by atoms with Gasteiger partial charge in [-0.25, -0.2) is 0 Å². The Morgan fingerprint density at radius 2 is 1.78 bits per heavy atom. The van der Waals surface area contributed by atoms with Crippen LogP contribution in [0.3, 0.4) is 0 Å². The second kappa shape index (κ2) is 3.82. The smallest absolute Gasteiger partial charge is 0.0436 e. The zero-order valence-electron chi connectivity index (χ0n) is 9.58. The first-order chi connectivity index (χ1) is 8.75. The van der Waals surface area contributed by atoms with E-state index in [1.165, 1.54) is 36.8 Å². The summed E-state index contributed by atoms with van der Waals surface area (Å²) in [6.07, 6.45) is 3.41. The van der Waals surface area contributed by atoms with E-state index in [1.54, 1.807) is 0 Å². The van der Waals surface area contributed by atoms with Gasteiger partial charge in [0.25, 0.3) is 0 Å². The Morgan fingerprint density at radius 1 is 0.944 bits per heavy atom. The van der Waals surface area contributed by atoms with Crippen molar-refractivity contribution in [3.63, 3.8) is 0 Å². The Labute approximate surface area is 122 Å². The molecule has 3 aromatic rings. The Morgan fingerprint density at radius 3 is 2.67 bits per heavy atom. The first kappa shape index (κ1) is 11.0. The topological polar surface area (TPSA) is 0 Å². The fraction of sp³-hybridized carbons (Fsp3) is 0.125. The minimum absolute atomic E-state index is 0.444. The van der Waals surface area contributed by atoms with Crippen LogP contribution in [0.1, 0.15) is 16.8 Å². The standard InChI is InChI=1S/C16H10Br2/c17-13-8-4-10-2-6-12-14(18)7-3-9-1-5-11(13)16(10)15(9)12/h1-7,13H,8H2. The number of halogens is 2. The molecule has 3 aromatic carbocycles. The highest BCUT2D eigenvalue weighted by molar-refractivity contribution is 9.10. The van der Waals surface area contributed by atoms with E-state index in [1.807, 2.05) is 0 Å². The van der Waals surface area contributed by atoms with Crippen LogP contribution in [0.25, 0.3) is 27.6 Å². The van der Waals surface area contributed by atoms with Gasteiger partial charge < -0.3 is 0 Å². The Kier molecular flexibility index (Phi) is 2.33. The summed E-state index contributed by atoms with van der Waals surface area (Å²) in [4.78, 5) is 0.444. The maximum atomic E-state index is 3.79. The van der Waals surface area contributed by atoms with Crippen LogP contribution >= 0.6 is 31.9 Å². The summed E-state index contributed by atoms with van der Waals surface area (Å²) in [5.74, 6) is 0. The van der Waals surface area contributed by atoms with Gasteiger partial charge in [-0.05, 0) is 44.8 Å². The number of hydrogen-bond donors (Lipinski definition) is 0. The van der Waals surface area contributed by atoms with Crippen LogP contribution in [0.15, 0.2) is 40.9 Å². The highest BCUT2D eigenvalue weighted by atomic mass is 79.9. The van der Waals surface area contributed by atoms with Gasteiger partial charge in [-0.3, -0.25) is 0 Å². The lowest BCUT2D eigenvalue weighted by molar-refractivity contribution is 1.02. The molecule has 4 rings (SSSR count). The van der Waals surface area contributed by atoms with E-state index in [2.05, 4.69) is 74.3 Å². The van der Waals surface area contributed by atoms with E-state index in [-0.39, 0.29) is 0 Å². The van der Waals surface area contributed by atoms with Gasteiger partial charge in [0.15, 0.2) is 0 Å². The molecule has 1 aliphatic carbocycles. The Hall–Kier alpha value is -0.860. The number of hydrogen-bond acceptors (Lipinski definition) is 0. The van der Waals surface area contributed by atoms with Crippen molar-refractivity contribution in [2.24, 2.45) is 0 Å². The Balaban J connectivity index is 2.39. The number of benzene rings is 3. The van der Waals surface area contributed by atoms with Gasteiger partial charge in [0.05, 0.1) is 0 Å². The molecule has 88 valence electrons. The van der Waals surface area contributed by atoms with Gasteiger partial charge >= 0.3 is 0 Å². The zero-order valence-corrected chi connectivity index (χ0v) is 12.8. The molecule has 0 bridgehead atoms. The van der Waals surface area contributed by atoms with Crippen LogP contribution in [0.4, 0.5) is 0 Å². The second-order valence-electron chi connectivity index (χ2n) is 4.79. The molecule has 1 unspecified atom stereocenters. The van der Waals surface area contributed by atoms with Gasteiger partial charge in [-0.2, -0.15) is 0 Å². The fourth-order valence-electron chi connectivity index (χ4n) is 2.96. The second-order valence-corrected chi connectivity index (χ2v) is 6.74. The molecule has 0 nitrogen and oxygen atoms in total. The summed E-state index contributed by atoms with van der Waals surface area (Å²) < 4.78 is 1.18. The third-order valence-corrected chi connectivity index (χ3v) is 5.36. The molecule has 2 heteroatoms. The van der Waals surface area contributed by atoms with Crippen molar-refractivity contribution in [2.45, 2.75) is 11.2 Å². The van der Waals surface area contributed by atoms with E-state index < -0.39 is 0 Å². The van der Waals surface area contributed by atoms with Crippen molar-refractivity contribution in [1.82, 2.24) is 0 Å². The van der Waals surface area contributed by atoms with E-state index in [0.717, 1.165) is 6.42 Å². The summed E-state index contributed by atoms with van der Waals surface area (Å²) in [7, 11) is 0. The summed E-state index contributed by atoms with van der Waals surface area (Å²) in [6.45, 7) is 0. The van der Waals surface area contributed by atoms with E-state index >= 15 is 0 Å². The molecule has 0 spiro atoms. The SMILES string of the molecule is Brc1ccc2ccc3c4c(ccc1c24)=CCC3Br. The summed E-state index contributed by atoms with van der Waals surface area (Å²) >= 11 is 7.45. The molecule has 0 N–H and O–H groups in total. The minimum atomic E-state index is 0.444. The predicted molar refractivity (Wildman–Crippen MR) is 85.1 cm³/mol. The van der Waals surface area contributed by atoms with Crippen molar-refractivity contribution in [2.75, 3.05) is 0 Å². The lowest BCUT2D eigenvalue weighted by Gasteiger charge is -2.19. The van der Waals surface area contributed by atoms with E-state index in [0.29, 0.717) is 4.83 Å². The van der Waals surface area contributed by atoms with Crippen molar-refractivity contribution >= 4 is 59.5 Å². The molecule has 0 saturated carbocycles. The van der Waals surface area contributed by atoms with Gasteiger partial charge in [0.2, 0.25) is 0 Å². The quantitative estimate of drug-likeness (QED) is 0.489. The monoisotopic (exact) mass is 360 g/mol. The third-order valence-electron chi connectivity index (χ3n) is 3.81. The van der Waals surface area contributed by atoms with Crippen LogP contribution in [0.2, 0.25) is 0 Å². The predicted octanol–water partition coefficient (Wildman–Crippen LogP) is 5.09. The highest BCUT2D eigenvalue weighted by Gasteiger charge is 2.17. The average Bonchev–Trinajstić information content (AvgIpc) is 2.40. The van der Waals surface area contributed by atoms with Gasteiger partial charge in [-0.1, -0.05) is 68.3 Å². The van der Waals surface area contributed by atoms with Crippen molar-refractivity contribution in [1.29, 1.82) is 0 Å². The molecule has 1 atom stereocenters. The molecular weight excluding hydrogens is 352 g/mol. The zero-order chi connectivity index (χ0) is 12.3. The molecule has 0 heterocycles. The fourth-order valence-corrected chi connectivity index (χ4v) is 3.99. The van der Waals surface area contributed by atoms with Crippen LogP contribution in [0.5, 0.6) is 0 Å². The van der Waals surface area contributed by atoms with Gasteiger partial charge in [0, 0.05) is 9.30 Å². The first-order valence-corrected chi connectivity index (χ1v) is 7.74. The Bertz CT molecular complexity index is 833. The van der Waals surface area contributed by atoms with Crippen molar-refractivity contribution in [3.8, 4) is 0 Å². The van der Waals surface area contributed by atoms with Crippen molar-refractivity contribution < 1.29 is 0 Å². The minimum Gasteiger partial charge on any atom is -0.0835 e. The van der Waals surface area contributed by atoms with E-state index in [9.17, 15) is 0 Å². The third kappa shape index (κ3) is 1.36. The molecule has 0 amide bonds. The molecule has 1 aliphatic rings. The lowest BCUT2D eigenvalue weighted by atomic mass is 9.90. The lowest BCUT2D eigenvalue weighted by Crippen LogP contribution is -2.11. The van der Waals surface area contributed by atoms with Crippen molar-refractivity contribution in [3.05, 3.63) is 51.7 Å². The maximum Gasteiger partial charge on any atom is 0.0436 e. The summed E-state index contributed by atoms with van der Waals surface area (Å²) in [6, 6.07) is 13.3. The summed E-state index contributed by atoms with van der Waals surface area (Å²) in [5, 5.41) is 6.81. The van der Waals surface area contributed by atoms with Crippen LogP contribution in [-0.4, -0.2) is 0 Å². The molecule has 0 fully saturated rings. The molecular formula is C16H10Br2. The summed E-state index contributed by atoms with van der Waals surface area (Å²) in [5.41, 5.74) is 1.42. The molecule has 0 saturated heterocycles. The molecule has 0 aliphatic heterocycles. The maximum absolute atomic E-state index is 3.79. The molecule has 18 heavy (non-hydrogen) atoms. The normalized spacial score (nSPS) is 18.2. The van der Waals surface area contributed by atoms with Gasteiger partial charge in [-0.15, -0.1) is 0 Å². The molecule has 0 aromatic heterocycles. The highest BCUT2D eigenvalue weighted by Crippen LogP contribution is 2.39. The average molecular weight is 362 g/mol. The number of alkyl halides is 1. The van der Waals surface area contributed by atoms with Crippen LogP contribution in [-0.2, 0) is 0 Å². The van der Waals surface area contributed by atoms with E-state index in [4.69, 9.17) is 0 Å². The van der Waals surface area contributed by atoms with Gasteiger partial charge in [0.1, 0.15) is 0 Å². The largest absolute Gasteiger partial charge is 0.0835 e. The molecule has 0 radical (unpaired) electrons. The van der Waals surface area contributed by atoms with Crippen LogP contribution < -0.4 is 5.22 Å². The number of rotatable bonds is 0. The first-order valence-electron chi connectivity index (χ1n) is 6.03.